The van der Waals surface area contributed by atoms with Crippen molar-refractivity contribution in [3.05, 3.63) is 63.2 Å². The summed E-state index contributed by atoms with van der Waals surface area (Å²) in [7, 11) is 0. The maximum Gasteiger partial charge on any atom is 0.311 e. The van der Waals surface area contributed by atoms with E-state index in [1.165, 1.54) is 0 Å². The van der Waals surface area contributed by atoms with E-state index in [0.29, 0.717) is 11.5 Å². The third-order valence-electron chi connectivity index (χ3n) is 3.62. The second kappa shape index (κ2) is 4.96. The summed E-state index contributed by atoms with van der Waals surface area (Å²) < 4.78 is 5.71. The number of rotatable bonds is 3. The topological polar surface area (TPSA) is 52.4 Å². The number of nitro groups is 1. The Balaban J connectivity index is 1.99. The van der Waals surface area contributed by atoms with Crippen molar-refractivity contribution >= 4 is 5.69 Å². The highest BCUT2D eigenvalue weighted by Gasteiger charge is 2.22. The maximum atomic E-state index is 11.2. The first-order chi connectivity index (χ1) is 9.63. The first kappa shape index (κ1) is 12.7. The van der Waals surface area contributed by atoms with Gasteiger partial charge in [0.1, 0.15) is 5.75 Å². The SMILES string of the molecule is Cc1ccc(Oc2cc3c(cc2[N+](=O)[O-])CCC3)cc1. The van der Waals surface area contributed by atoms with Gasteiger partial charge in [0, 0.05) is 6.07 Å². The molecule has 4 heteroatoms. The summed E-state index contributed by atoms with van der Waals surface area (Å²) in [6.07, 6.45) is 2.94. The Morgan fingerprint density at radius 3 is 2.40 bits per heavy atom. The van der Waals surface area contributed by atoms with Crippen molar-refractivity contribution in [3.8, 4) is 11.5 Å². The van der Waals surface area contributed by atoms with Crippen LogP contribution in [0, 0.1) is 17.0 Å². The van der Waals surface area contributed by atoms with Gasteiger partial charge in [-0.15, -0.1) is 0 Å². The van der Waals surface area contributed by atoms with E-state index in [2.05, 4.69) is 0 Å². The molecule has 0 amide bonds. The summed E-state index contributed by atoms with van der Waals surface area (Å²) in [4.78, 5) is 10.8. The largest absolute Gasteiger partial charge is 0.450 e. The second-order valence-corrected chi connectivity index (χ2v) is 5.11. The van der Waals surface area contributed by atoms with Gasteiger partial charge in [-0.2, -0.15) is 0 Å². The highest BCUT2D eigenvalue weighted by molar-refractivity contribution is 5.55. The van der Waals surface area contributed by atoms with Crippen LogP contribution in [-0.4, -0.2) is 4.92 Å². The minimum atomic E-state index is -0.373. The number of fused-ring (bicyclic) bond motifs is 1. The number of nitrogens with zero attached hydrogens (tertiary/aromatic N) is 1. The lowest BCUT2D eigenvalue weighted by Crippen LogP contribution is -1.96. The number of aryl methyl sites for hydroxylation is 3. The average molecular weight is 269 g/mol. The molecule has 0 fully saturated rings. The van der Waals surface area contributed by atoms with Crippen molar-refractivity contribution in [2.75, 3.05) is 0 Å². The summed E-state index contributed by atoms with van der Waals surface area (Å²) >= 11 is 0. The molecule has 1 aliphatic rings. The molecule has 2 aromatic carbocycles. The molecular formula is C16H15NO3. The number of benzene rings is 2. The van der Waals surface area contributed by atoms with Crippen LogP contribution in [0.25, 0.3) is 0 Å². The third-order valence-corrected chi connectivity index (χ3v) is 3.62. The number of hydrogen-bond donors (Lipinski definition) is 0. The standard InChI is InChI=1S/C16H15NO3/c1-11-5-7-14(8-6-11)20-16-10-13-4-2-3-12(13)9-15(16)17(18)19/h5-10H,2-4H2,1H3. The van der Waals surface area contributed by atoms with Gasteiger partial charge in [0.25, 0.3) is 0 Å². The fourth-order valence-electron chi connectivity index (χ4n) is 2.55. The van der Waals surface area contributed by atoms with E-state index in [-0.39, 0.29) is 10.6 Å². The zero-order valence-corrected chi connectivity index (χ0v) is 11.3. The zero-order chi connectivity index (χ0) is 14.1. The molecule has 0 saturated heterocycles. The van der Waals surface area contributed by atoms with Gasteiger partial charge in [-0.05, 0) is 55.5 Å². The Morgan fingerprint density at radius 2 is 1.75 bits per heavy atom. The first-order valence-corrected chi connectivity index (χ1v) is 6.68. The molecule has 0 N–H and O–H groups in total. The Labute approximate surface area is 117 Å². The fourth-order valence-corrected chi connectivity index (χ4v) is 2.55. The van der Waals surface area contributed by atoms with E-state index < -0.39 is 0 Å². The number of hydrogen-bond acceptors (Lipinski definition) is 3. The highest BCUT2D eigenvalue weighted by atomic mass is 16.6. The Bertz CT molecular complexity index is 662. The molecule has 0 atom stereocenters. The molecule has 0 bridgehead atoms. The van der Waals surface area contributed by atoms with Crippen molar-refractivity contribution in [1.82, 2.24) is 0 Å². The van der Waals surface area contributed by atoms with Crippen molar-refractivity contribution < 1.29 is 9.66 Å². The van der Waals surface area contributed by atoms with Gasteiger partial charge in [-0.3, -0.25) is 10.1 Å². The highest BCUT2D eigenvalue weighted by Crippen LogP contribution is 2.37. The van der Waals surface area contributed by atoms with Gasteiger partial charge in [0.2, 0.25) is 5.75 Å². The van der Waals surface area contributed by atoms with Crippen LogP contribution in [0.15, 0.2) is 36.4 Å². The molecule has 20 heavy (non-hydrogen) atoms. The van der Waals surface area contributed by atoms with Crippen LogP contribution in [0.5, 0.6) is 11.5 Å². The Hall–Kier alpha value is -2.36. The molecule has 0 heterocycles. The lowest BCUT2D eigenvalue weighted by Gasteiger charge is -2.09. The Morgan fingerprint density at radius 1 is 1.10 bits per heavy atom. The van der Waals surface area contributed by atoms with Gasteiger partial charge in [0.05, 0.1) is 4.92 Å². The molecule has 4 nitrogen and oxygen atoms in total. The monoisotopic (exact) mass is 269 g/mol. The minimum absolute atomic E-state index is 0.0474. The normalized spacial score (nSPS) is 13.1. The van der Waals surface area contributed by atoms with Gasteiger partial charge >= 0.3 is 5.69 Å². The zero-order valence-electron chi connectivity index (χ0n) is 11.3. The van der Waals surface area contributed by atoms with Crippen LogP contribution in [0.1, 0.15) is 23.1 Å². The van der Waals surface area contributed by atoms with E-state index in [1.807, 2.05) is 37.3 Å². The number of nitro benzene ring substituents is 1. The summed E-state index contributed by atoms with van der Waals surface area (Å²) in [5, 5.41) is 11.2. The van der Waals surface area contributed by atoms with Crippen molar-refractivity contribution in [2.24, 2.45) is 0 Å². The van der Waals surface area contributed by atoms with E-state index in [1.54, 1.807) is 6.07 Å². The van der Waals surface area contributed by atoms with Gasteiger partial charge in [0.15, 0.2) is 0 Å². The Kier molecular flexibility index (Phi) is 3.14. The molecule has 0 aliphatic heterocycles. The van der Waals surface area contributed by atoms with Crippen LogP contribution >= 0.6 is 0 Å². The van der Waals surface area contributed by atoms with Crippen molar-refractivity contribution in [3.63, 3.8) is 0 Å². The summed E-state index contributed by atoms with van der Waals surface area (Å²) in [5.74, 6) is 0.955. The fraction of sp³-hybridized carbons (Fsp3) is 0.250. The van der Waals surface area contributed by atoms with Gasteiger partial charge < -0.3 is 4.74 Å². The lowest BCUT2D eigenvalue weighted by molar-refractivity contribution is -0.385. The van der Waals surface area contributed by atoms with Gasteiger partial charge in [-0.1, -0.05) is 17.7 Å². The van der Waals surface area contributed by atoms with Crippen LogP contribution in [0.4, 0.5) is 5.69 Å². The first-order valence-electron chi connectivity index (χ1n) is 6.68. The molecule has 102 valence electrons. The van der Waals surface area contributed by atoms with Crippen LogP contribution in [0.2, 0.25) is 0 Å². The van der Waals surface area contributed by atoms with E-state index in [0.717, 1.165) is 36.0 Å². The maximum absolute atomic E-state index is 11.2. The second-order valence-electron chi connectivity index (χ2n) is 5.11. The predicted molar refractivity (Wildman–Crippen MR) is 76.4 cm³/mol. The van der Waals surface area contributed by atoms with E-state index in [9.17, 15) is 10.1 Å². The molecule has 0 aromatic heterocycles. The molecule has 0 saturated carbocycles. The smallest absolute Gasteiger partial charge is 0.311 e. The van der Waals surface area contributed by atoms with Crippen LogP contribution in [-0.2, 0) is 12.8 Å². The quantitative estimate of drug-likeness (QED) is 0.620. The molecule has 0 radical (unpaired) electrons. The minimum Gasteiger partial charge on any atom is -0.450 e. The number of ether oxygens (including phenoxy) is 1. The molecule has 0 unspecified atom stereocenters. The summed E-state index contributed by atoms with van der Waals surface area (Å²) in [6.45, 7) is 1.99. The predicted octanol–water partition coefficient (Wildman–Crippen LogP) is 4.18. The molecular weight excluding hydrogens is 254 g/mol. The average Bonchev–Trinajstić information content (AvgIpc) is 2.87. The molecule has 1 aliphatic carbocycles. The van der Waals surface area contributed by atoms with E-state index >= 15 is 0 Å². The van der Waals surface area contributed by atoms with Crippen LogP contribution in [0.3, 0.4) is 0 Å². The van der Waals surface area contributed by atoms with Crippen molar-refractivity contribution in [2.45, 2.75) is 26.2 Å². The summed E-state index contributed by atoms with van der Waals surface area (Å²) in [5.41, 5.74) is 3.41. The molecule has 3 rings (SSSR count). The third kappa shape index (κ3) is 2.37. The van der Waals surface area contributed by atoms with Gasteiger partial charge in [-0.25, -0.2) is 0 Å². The summed E-state index contributed by atoms with van der Waals surface area (Å²) in [6, 6.07) is 11.0. The lowest BCUT2D eigenvalue weighted by atomic mass is 10.1. The van der Waals surface area contributed by atoms with E-state index in [4.69, 9.17) is 4.74 Å². The van der Waals surface area contributed by atoms with Crippen LogP contribution < -0.4 is 4.74 Å². The molecule has 2 aromatic rings. The molecule has 0 spiro atoms. The van der Waals surface area contributed by atoms with Crippen molar-refractivity contribution in [1.29, 1.82) is 0 Å².